The Morgan fingerprint density at radius 2 is 1.78 bits per heavy atom. The van der Waals surface area contributed by atoms with Crippen molar-refractivity contribution in [1.82, 2.24) is 0 Å². The third-order valence-electron chi connectivity index (χ3n) is 5.02. The number of fused-ring (bicyclic) bond motifs is 2. The second-order valence-electron chi connectivity index (χ2n) is 6.54. The van der Waals surface area contributed by atoms with Crippen molar-refractivity contribution in [2.24, 2.45) is 10.9 Å². The van der Waals surface area contributed by atoms with Gasteiger partial charge < -0.3 is 9.84 Å². The molecule has 0 saturated heterocycles. The van der Waals surface area contributed by atoms with Crippen molar-refractivity contribution < 1.29 is 23.1 Å². The number of sulfone groups is 1. The van der Waals surface area contributed by atoms with Gasteiger partial charge in [-0.15, -0.1) is 0 Å². The summed E-state index contributed by atoms with van der Waals surface area (Å²) in [5.74, 6) is -2.13. The number of benzene rings is 2. The number of aliphatic imine (C=N–C) groups is 1. The molecule has 1 N–H and O–H groups in total. The van der Waals surface area contributed by atoms with Crippen LogP contribution in [0.25, 0.3) is 5.70 Å². The Morgan fingerprint density at radius 3 is 2.44 bits per heavy atom. The SMILES string of the molecule is COC(=O)C1C(C)=NC2=C([C@@H]1c1ccc(O)cc1)S(=O)(=O)c1ccccc12. The molecule has 6 nitrogen and oxygen atoms in total. The van der Waals surface area contributed by atoms with Crippen LogP contribution in [-0.4, -0.2) is 32.3 Å². The minimum atomic E-state index is -3.81. The van der Waals surface area contributed by atoms with Crippen LogP contribution in [0.4, 0.5) is 0 Å². The van der Waals surface area contributed by atoms with E-state index in [1.807, 2.05) is 0 Å². The second-order valence-corrected chi connectivity index (χ2v) is 8.42. The number of phenolic OH excluding ortho intramolecular Hbond substituents is 1. The highest BCUT2D eigenvalue weighted by Gasteiger charge is 2.49. The first-order chi connectivity index (χ1) is 12.9. The van der Waals surface area contributed by atoms with Crippen LogP contribution in [0.5, 0.6) is 5.75 Å². The summed E-state index contributed by atoms with van der Waals surface area (Å²) in [6.45, 7) is 1.70. The van der Waals surface area contributed by atoms with E-state index in [0.717, 1.165) is 0 Å². The molecule has 2 aromatic rings. The summed E-state index contributed by atoms with van der Waals surface area (Å²) in [5.41, 5.74) is 2.01. The fourth-order valence-corrected chi connectivity index (χ4v) is 5.77. The molecule has 0 saturated carbocycles. The number of aromatic hydroxyl groups is 1. The van der Waals surface area contributed by atoms with E-state index in [4.69, 9.17) is 4.74 Å². The highest BCUT2D eigenvalue weighted by atomic mass is 32.2. The molecule has 0 aromatic heterocycles. The first-order valence-corrected chi connectivity index (χ1v) is 9.85. The van der Waals surface area contributed by atoms with Gasteiger partial charge in [-0.2, -0.15) is 0 Å². The van der Waals surface area contributed by atoms with Gasteiger partial charge >= 0.3 is 5.97 Å². The summed E-state index contributed by atoms with van der Waals surface area (Å²) in [7, 11) is -2.54. The second kappa shape index (κ2) is 6.06. The predicted octanol–water partition coefficient (Wildman–Crippen LogP) is 2.90. The Kier molecular flexibility index (Phi) is 3.92. The molecule has 0 bridgehead atoms. The molecule has 2 aliphatic rings. The summed E-state index contributed by atoms with van der Waals surface area (Å²) in [6, 6.07) is 12.9. The quantitative estimate of drug-likeness (QED) is 0.805. The lowest BCUT2D eigenvalue weighted by atomic mass is 9.80. The molecular weight excluding hydrogens is 366 g/mol. The molecule has 4 rings (SSSR count). The molecular formula is C20H17NO5S. The van der Waals surface area contributed by atoms with Gasteiger partial charge in [0, 0.05) is 17.2 Å². The maximum absolute atomic E-state index is 13.3. The van der Waals surface area contributed by atoms with Crippen LogP contribution in [0, 0.1) is 5.92 Å². The van der Waals surface area contributed by atoms with Gasteiger partial charge in [0.1, 0.15) is 11.7 Å². The molecule has 0 fully saturated rings. The Hall–Kier alpha value is -2.93. The van der Waals surface area contributed by atoms with Crippen LogP contribution < -0.4 is 0 Å². The maximum Gasteiger partial charge on any atom is 0.315 e. The fourth-order valence-electron chi connectivity index (χ4n) is 3.80. The number of hydrogen-bond acceptors (Lipinski definition) is 6. The van der Waals surface area contributed by atoms with E-state index < -0.39 is 27.6 Å². The molecule has 2 aromatic carbocycles. The topological polar surface area (TPSA) is 93.0 Å². The highest BCUT2D eigenvalue weighted by molar-refractivity contribution is 7.96. The number of allylic oxidation sites excluding steroid dienone is 1. The van der Waals surface area contributed by atoms with Gasteiger partial charge in [-0.1, -0.05) is 30.3 Å². The van der Waals surface area contributed by atoms with Crippen molar-refractivity contribution in [3.05, 3.63) is 64.6 Å². The smallest absolute Gasteiger partial charge is 0.315 e. The molecule has 7 heteroatoms. The molecule has 0 aliphatic carbocycles. The molecule has 27 heavy (non-hydrogen) atoms. The number of nitrogens with zero attached hydrogens (tertiary/aromatic N) is 1. The van der Waals surface area contributed by atoms with Crippen LogP contribution in [0.1, 0.15) is 24.0 Å². The first kappa shape index (κ1) is 17.5. The molecule has 0 spiro atoms. The monoisotopic (exact) mass is 383 g/mol. The maximum atomic E-state index is 13.3. The van der Waals surface area contributed by atoms with E-state index in [1.54, 1.807) is 43.3 Å². The van der Waals surface area contributed by atoms with Crippen molar-refractivity contribution in [2.75, 3.05) is 7.11 Å². The third-order valence-corrected chi connectivity index (χ3v) is 6.98. The summed E-state index contributed by atoms with van der Waals surface area (Å²) in [5, 5.41) is 9.61. The standard InChI is InChI=1S/C20H17NO5S/c1-11-16(20(23)26-2)17(12-7-9-13(22)10-8-12)19-18(21-11)14-5-3-4-6-15(14)27(19,24)25/h3-10,16-17,22H,1-2H3/t16?,17-/m1/s1. The summed E-state index contributed by atoms with van der Waals surface area (Å²) >= 11 is 0. The van der Waals surface area contributed by atoms with E-state index >= 15 is 0 Å². The minimum absolute atomic E-state index is 0.0568. The number of esters is 1. The van der Waals surface area contributed by atoms with Gasteiger partial charge in [-0.05, 0) is 30.7 Å². The van der Waals surface area contributed by atoms with Crippen molar-refractivity contribution >= 4 is 27.2 Å². The van der Waals surface area contributed by atoms with E-state index in [0.29, 0.717) is 22.5 Å². The average molecular weight is 383 g/mol. The van der Waals surface area contributed by atoms with E-state index in [9.17, 15) is 18.3 Å². The fraction of sp³-hybridized carbons (Fsp3) is 0.200. The lowest BCUT2D eigenvalue weighted by molar-refractivity contribution is -0.143. The Morgan fingerprint density at radius 1 is 1.11 bits per heavy atom. The zero-order valence-electron chi connectivity index (χ0n) is 14.7. The number of ether oxygens (including phenoxy) is 1. The van der Waals surface area contributed by atoms with Crippen LogP contribution in [0.15, 0.2) is 63.3 Å². The zero-order valence-corrected chi connectivity index (χ0v) is 15.5. The van der Waals surface area contributed by atoms with Gasteiger partial charge in [0.2, 0.25) is 9.84 Å². The van der Waals surface area contributed by atoms with Crippen molar-refractivity contribution in [1.29, 1.82) is 0 Å². The van der Waals surface area contributed by atoms with E-state index in [-0.39, 0.29) is 15.6 Å². The summed E-state index contributed by atoms with van der Waals surface area (Å²) in [4.78, 5) is 17.3. The summed E-state index contributed by atoms with van der Waals surface area (Å²) < 4.78 is 31.6. The molecule has 1 unspecified atom stereocenters. The molecule has 0 radical (unpaired) electrons. The van der Waals surface area contributed by atoms with Gasteiger partial charge in [-0.3, -0.25) is 9.79 Å². The van der Waals surface area contributed by atoms with Crippen molar-refractivity contribution in [2.45, 2.75) is 17.7 Å². The lowest BCUT2D eigenvalue weighted by Crippen LogP contribution is -2.34. The lowest BCUT2D eigenvalue weighted by Gasteiger charge is -2.30. The normalized spacial score (nSPS) is 22.7. The largest absolute Gasteiger partial charge is 0.508 e. The van der Waals surface area contributed by atoms with Gasteiger partial charge in [-0.25, -0.2) is 8.42 Å². The van der Waals surface area contributed by atoms with Crippen molar-refractivity contribution in [3.8, 4) is 5.75 Å². The predicted molar refractivity (Wildman–Crippen MR) is 100 cm³/mol. The molecule has 0 amide bonds. The first-order valence-electron chi connectivity index (χ1n) is 8.37. The molecule has 2 atom stereocenters. The minimum Gasteiger partial charge on any atom is -0.508 e. The summed E-state index contributed by atoms with van der Waals surface area (Å²) in [6.07, 6.45) is 0. The van der Waals surface area contributed by atoms with E-state index in [2.05, 4.69) is 4.99 Å². The van der Waals surface area contributed by atoms with Gasteiger partial charge in [0.25, 0.3) is 0 Å². The number of methoxy groups -OCH3 is 1. The van der Waals surface area contributed by atoms with Crippen LogP contribution in [0.2, 0.25) is 0 Å². The van der Waals surface area contributed by atoms with Crippen LogP contribution in [0.3, 0.4) is 0 Å². The van der Waals surface area contributed by atoms with Crippen LogP contribution in [-0.2, 0) is 19.4 Å². The molecule has 2 heterocycles. The van der Waals surface area contributed by atoms with Crippen molar-refractivity contribution in [3.63, 3.8) is 0 Å². The number of rotatable bonds is 2. The highest BCUT2D eigenvalue weighted by Crippen LogP contribution is 2.51. The number of phenols is 1. The zero-order chi connectivity index (χ0) is 19.3. The Labute approximate surface area is 156 Å². The molecule has 2 aliphatic heterocycles. The van der Waals surface area contributed by atoms with E-state index in [1.165, 1.54) is 19.2 Å². The Balaban J connectivity index is 2.02. The Bertz CT molecular complexity index is 1110. The number of hydrogen-bond donors (Lipinski definition) is 1. The average Bonchev–Trinajstić information content (AvgIpc) is 2.88. The number of carbonyl (C=O) groups is 1. The van der Waals surface area contributed by atoms with Gasteiger partial charge in [0.15, 0.2) is 0 Å². The van der Waals surface area contributed by atoms with Gasteiger partial charge in [0.05, 0.1) is 22.6 Å². The van der Waals surface area contributed by atoms with Crippen LogP contribution >= 0.6 is 0 Å². The third kappa shape index (κ3) is 2.49. The molecule has 138 valence electrons. The number of carbonyl (C=O) groups excluding carboxylic acids is 1.